The Kier molecular flexibility index (Phi) is 5.69. The fourth-order valence-corrected chi connectivity index (χ4v) is 2.77. The molecule has 0 heterocycles. The summed E-state index contributed by atoms with van der Waals surface area (Å²) < 4.78 is 5.12. The first-order valence-corrected chi connectivity index (χ1v) is 7.88. The van der Waals surface area contributed by atoms with Crippen LogP contribution >= 0.6 is 11.8 Å². The van der Waals surface area contributed by atoms with Crippen molar-refractivity contribution in [1.29, 1.82) is 0 Å². The normalized spacial score (nSPS) is 10.2. The second kappa shape index (κ2) is 7.74. The Balaban J connectivity index is 1.81. The van der Waals surface area contributed by atoms with Crippen molar-refractivity contribution in [3.8, 4) is 5.75 Å². The van der Waals surface area contributed by atoms with Crippen LogP contribution in [0.2, 0.25) is 0 Å². The van der Waals surface area contributed by atoms with E-state index in [4.69, 9.17) is 4.74 Å². The van der Waals surface area contributed by atoms with Gasteiger partial charge in [0.05, 0.1) is 12.9 Å². The number of amides is 1. The van der Waals surface area contributed by atoms with Crippen molar-refractivity contribution < 1.29 is 9.53 Å². The molecule has 0 N–H and O–H groups in total. The fraction of sp³-hybridized carbons (Fsp3) is 0.235. The maximum Gasteiger partial charge on any atom is 0.236 e. The summed E-state index contributed by atoms with van der Waals surface area (Å²) in [5, 5.41) is 0. The standard InChI is InChI=1S/C17H19NO2S/c1-18(15-6-4-3-5-7-15)17(19)13-21-12-14-8-10-16(20-2)11-9-14/h3-11H,12-13H2,1-2H3. The Morgan fingerprint density at radius 3 is 2.38 bits per heavy atom. The lowest BCUT2D eigenvalue weighted by Crippen LogP contribution is -2.27. The molecular formula is C17H19NO2S. The molecule has 0 bridgehead atoms. The van der Waals surface area contributed by atoms with Crippen LogP contribution in [-0.2, 0) is 10.5 Å². The molecule has 0 unspecified atom stereocenters. The van der Waals surface area contributed by atoms with E-state index in [1.54, 1.807) is 23.8 Å². The number of hydrogen-bond donors (Lipinski definition) is 0. The lowest BCUT2D eigenvalue weighted by atomic mass is 10.2. The van der Waals surface area contributed by atoms with E-state index < -0.39 is 0 Å². The van der Waals surface area contributed by atoms with Gasteiger partial charge in [-0.2, -0.15) is 0 Å². The van der Waals surface area contributed by atoms with Gasteiger partial charge in [0.2, 0.25) is 5.91 Å². The minimum absolute atomic E-state index is 0.111. The largest absolute Gasteiger partial charge is 0.497 e. The molecule has 3 nitrogen and oxygen atoms in total. The zero-order valence-corrected chi connectivity index (χ0v) is 13.1. The topological polar surface area (TPSA) is 29.5 Å². The zero-order chi connectivity index (χ0) is 15.1. The molecule has 0 aromatic heterocycles. The van der Waals surface area contributed by atoms with Crippen molar-refractivity contribution in [3.05, 3.63) is 60.2 Å². The molecule has 0 aliphatic carbocycles. The number of carbonyl (C=O) groups excluding carboxylic acids is 1. The van der Waals surface area contributed by atoms with E-state index in [1.165, 1.54) is 5.56 Å². The van der Waals surface area contributed by atoms with Crippen molar-refractivity contribution in [2.45, 2.75) is 5.75 Å². The summed E-state index contributed by atoms with van der Waals surface area (Å²) in [6.07, 6.45) is 0. The Morgan fingerprint density at radius 1 is 1.10 bits per heavy atom. The van der Waals surface area contributed by atoms with Crippen LogP contribution in [0.1, 0.15) is 5.56 Å². The molecule has 0 atom stereocenters. The van der Waals surface area contributed by atoms with Gasteiger partial charge >= 0.3 is 0 Å². The number of benzene rings is 2. The first kappa shape index (κ1) is 15.4. The van der Waals surface area contributed by atoms with Gasteiger partial charge in [0.25, 0.3) is 0 Å². The van der Waals surface area contributed by atoms with Gasteiger partial charge < -0.3 is 9.64 Å². The highest BCUT2D eigenvalue weighted by molar-refractivity contribution is 7.99. The van der Waals surface area contributed by atoms with Crippen LogP contribution in [0.25, 0.3) is 0 Å². The summed E-state index contributed by atoms with van der Waals surface area (Å²) >= 11 is 1.62. The average Bonchev–Trinajstić information content (AvgIpc) is 2.55. The fourth-order valence-electron chi connectivity index (χ4n) is 1.87. The lowest BCUT2D eigenvalue weighted by Gasteiger charge is -2.16. The van der Waals surface area contributed by atoms with Gasteiger partial charge in [-0.1, -0.05) is 30.3 Å². The van der Waals surface area contributed by atoms with Crippen molar-refractivity contribution >= 4 is 23.4 Å². The quantitative estimate of drug-likeness (QED) is 0.816. The van der Waals surface area contributed by atoms with Gasteiger partial charge in [-0.25, -0.2) is 0 Å². The van der Waals surface area contributed by atoms with Crippen LogP contribution in [0.15, 0.2) is 54.6 Å². The highest BCUT2D eigenvalue weighted by Crippen LogP contribution is 2.18. The lowest BCUT2D eigenvalue weighted by molar-refractivity contribution is -0.115. The van der Waals surface area contributed by atoms with Crippen LogP contribution in [0.3, 0.4) is 0 Å². The molecule has 0 spiro atoms. The number of anilines is 1. The van der Waals surface area contributed by atoms with Crippen LogP contribution in [0.5, 0.6) is 5.75 Å². The molecule has 0 fully saturated rings. The average molecular weight is 301 g/mol. The Hall–Kier alpha value is -1.94. The van der Waals surface area contributed by atoms with Crippen molar-refractivity contribution in [3.63, 3.8) is 0 Å². The van der Waals surface area contributed by atoms with E-state index in [-0.39, 0.29) is 5.91 Å². The molecule has 0 aliphatic rings. The first-order valence-electron chi connectivity index (χ1n) is 6.73. The van der Waals surface area contributed by atoms with Crippen LogP contribution in [0.4, 0.5) is 5.69 Å². The number of thioether (sulfide) groups is 1. The summed E-state index contributed by atoms with van der Waals surface area (Å²) in [6.45, 7) is 0. The number of nitrogens with zero attached hydrogens (tertiary/aromatic N) is 1. The van der Waals surface area contributed by atoms with Gasteiger partial charge in [0, 0.05) is 18.5 Å². The molecule has 4 heteroatoms. The predicted molar refractivity (Wildman–Crippen MR) is 89.0 cm³/mol. The second-order valence-corrected chi connectivity index (χ2v) is 5.61. The molecule has 21 heavy (non-hydrogen) atoms. The monoisotopic (exact) mass is 301 g/mol. The number of carbonyl (C=O) groups is 1. The highest BCUT2D eigenvalue weighted by Gasteiger charge is 2.10. The number of para-hydroxylation sites is 1. The molecule has 0 saturated carbocycles. The molecule has 1 amide bonds. The SMILES string of the molecule is COc1ccc(CSCC(=O)N(C)c2ccccc2)cc1. The molecule has 0 saturated heterocycles. The smallest absolute Gasteiger partial charge is 0.236 e. The van der Waals surface area contributed by atoms with Gasteiger partial charge in [-0.05, 0) is 29.8 Å². The van der Waals surface area contributed by atoms with Crippen molar-refractivity contribution in [2.24, 2.45) is 0 Å². The zero-order valence-electron chi connectivity index (χ0n) is 12.3. The number of methoxy groups -OCH3 is 1. The molecule has 0 radical (unpaired) electrons. The summed E-state index contributed by atoms with van der Waals surface area (Å²) in [6, 6.07) is 17.6. The first-order chi connectivity index (χ1) is 10.2. The van der Waals surface area contributed by atoms with Gasteiger partial charge in [0.15, 0.2) is 0 Å². The maximum absolute atomic E-state index is 12.1. The molecular weight excluding hydrogens is 282 g/mol. The Bertz CT molecular complexity index is 569. The Morgan fingerprint density at radius 2 is 1.76 bits per heavy atom. The van der Waals surface area contributed by atoms with Gasteiger partial charge in [-0.3, -0.25) is 4.79 Å². The predicted octanol–water partition coefficient (Wildman–Crippen LogP) is 3.59. The summed E-state index contributed by atoms with van der Waals surface area (Å²) in [5.41, 5.74) is 2.11. The highest BCUT2D eigenvalue weighted by atomic mass is 32.2. The summed E-state index contributed by atoms with van der Waals surface area (Å²) in [5.74, 6) is 2.25. The minimum Gasteiger partial charge on any atom is -0.497 e. The van der Waals surface area contributed by atoms with Gasteiger partial charge in [0.1, 0.15) is 5.75 Å². The van der Waals surface area contributed by atoms with Crippen molar-refractivity contribution in [1.82, 2.24) is 0 Å². The number of ether oxygens (including phenoxy) is 1. The van der Waals surface area contributed by atoms with E-state index in [0.717, 1.165) is 17.2 Å². The molecule has 2 aromatic rings. The third kappa shape index (κ3) is 4.53. The van der Waals surface area contributed by atoms with E-state index in [1.807, 2.05) is 61.6 Å². The third-order valence-corrected chi connectivity index (χ3v) is 4.16. The van der Waals surface area contributed by atoms with Gasteiger partial charge in [-0.15, -0.1) is 11.8 Å². The number of rotatable bonds is 6. The third-order valence-electron chi connectivity index (χ3n) is 3.17. The summed E-state index contributed by atoms with van der Waals surface area (Å²) in [4.78, 5) is 13.8. The maximum atomic E-state index is 12.1. The number of hydrogen-bond acceptors (Lipinski definition) is 3. The summed E-state index contributed by atoms with van der Waals surface area (Å²) in [7, 11) is 3.47. The van der Waals surface area contributed by atoms with Crippen LogP contribution in [0, 0.1) is 0 Å². The Labute approximate surface area is 129 Å². The molecule has 0 aliphatic heterocycles. The molecule has 2 aromatic carbocycles. The molecule has 2 rings (SSSR count). The molecule has 110 valence electrons. The minimum atomic E-state index is 0.111. The second-order valence-electron chi connectivity index (χ2n) is 4.63. The van der Waals surface area contributed by atoms with E-state index >= 15 is 0 Å². The van der Waals surface area contributed by atoms with E-state index in [0.29, 0.717) is 5.75 Å². The van der Waals surface area contributed by atoms with Crippen molar-refractivity contribution in [2.75, 3.05) is 24.8 Å². The van der Waals surface area contributed by atoms with E-state index in [9.17, 15) is 4.79 Å². The van der Waals surface area contributed by atoms with Crippen LogP contribution in [-0.4, -0.2) is 25.8 Å². The van der Waals surface area contributed by atoms with E-state index in [2.05, 4.69) is 0 Å². The van der Waals surface area contributed by atoms with Crippen LogP contribution < -0.4 is 9.64 Å².